The molecule has 0 amide bonds. The predicted octanol–water partition coefficient (Wildman–Crippen LogP) is 1.21. The van der Waals surface area contributed by atoms with Crippen LogP contribution in [0.25, 0.3) is 0 Å². The van der Waals surface area contributed by atoms with Crippen LogP contribution in [-0.2, 0) is 0 Å². The zero-order valence-electron chi connectivity index (χ0n) is 9.29. The van der Waals surface area contributed by atoms with Crippen LogP contribution in [0.15, 0.2) is 11.1 Å². The van der Waals surface area contributed by atoms with E-state index in [-0.39, 0.29) is 10.6 Å². The van der Waals surface area contributed by atoms with Crippen molar-refractivity contribution in [3.8, 4) is 0 Å². The Morgan fingerprint density at radius 3 is 3.06 bits per heavy atom. The lowest BCUT2D eigenvalue weighted by atomic mass is 10.0. The molecule has 90 valence electrons. The molecule has 6 heteroatoms. The quantitative estimate of drug-likeness (QED) is 0.702. The number of nitrogens with one attached hydrogen (secondary N) is 2. The van der Waals surface area contributed by atoms with Crippen molar-refractivity contribution in [3.63, 3.8) is 0 Å². The van der Waals surface area contributed by atoms with Crippen LogP contribution >= 0.6 is 11.6 Å². The number of nitrogens with zero attached hydrogens (tertiary/aromatic N) is 1. The summed E-state index contributed by atoms with van der Waals surface area (Å²) in [6.07, 6.45) is 3.32. The maximum absolute atomic E-state index is 11.2. The van der Waals surface area contributed by atoms with Crippen molar-refractivity contribution >= 4 is 17.4 Å². The van der Waals surface area contributed by atoms with Crippen molar-refractivity contribution in [1.82, 2.24) is 9.97 Å². The molecule has 0 aliphatic carbocycles. The number of aromatic nitrogens is 2. The Labute approximate surface area is 99.4 Å². The molecule has 0 spiro atoms. The number of hydrogen-bond donors (Lipinski definition) is 3. The number of hydrogen-bond acceptors (Lipinski definition) is 4. The van der Waals surface area contributed by atoms with Gasteiger partial charge in [0, 0.05) is 6.54 Å². The fourth-order valence-electron chi connectivity index (χ4n) is 1.43. The molecule has 1 unspecified atom stereocenters. The maximum atomic E-state index is 11.2. The highest BCUT2D eigenvalue weighted by Gasteiger charge is 2.08. The molecular weight excluding hydrogens is 228 g/mol. The van der Waals surface area contributed by atoms with Gasteiger partial charge in [-0.05, 0) is 18.9 Å². The molecule has 0 radical (unpaired) electrons. The van der Waals surface area contributed by atoms with E-state index in [1.165, 1.54) is 6.33 Å². The average molecular weight is 245 g/mol. The van der Waals surface area contributed by atoms with Gasteiger partial charge < -0.3 is 16.0 Å². The lowest BCUT2D eigenvalue weighted by molar-refractivity contribution is 0.501. The van der Waals surface area contributed by atoms with Crippen LogP contribution in [0.5, 0.6) is 0 Å². The fourth-order valence-corrected chi connectivity index (χ4v) is 1.60. The van der Waals surface area contributed by atoms with Gasteiger partial charge in [0.05, 0.1) is 6.33 Å². The zero-order valence-corrected chi connectivity index (χ0v) is 10.0. The summed E-state index contributed by atoms with van der Waals surface area (Å²) in [5.74, 6) is 0.906. The first kappa shape index (κ1) is 13.0. The summed E-state index contributed by atoms with van der Waals surface area (Å²) in [6.45, 7) is 3.50. The number of halogens is 1. The second-order valence-electron chi connectivity index (χ2n) is 3.63. The minimum absolute atomic E-state index is 0.102. The van der Waals surface area contributed by atoms with Crippen LogP contribution < -0.4 is 16.6 Å². The van der Waals surface area contributed by atoms with Crippen molar-refractivity contribution in [2.75, 3.05) is 18.4 Å². The van der Waals surface area contributed by atoms with Crippen molar-refractivity contribution in [2.45, 2.75) is 19.8 Å². The van der Waals surface area contributed by atoms with Gasteiger partial charge in [-0.25, -0.2) is 4.98 Å². The van der Waals surface area contributed by atoms with E-state index >= 15 is 0 Å². The fraction of sp³-hybridized carbons (Fsp3) is 0.600. The first-order valence-corrected chi connectivity index (χ1v) is 5.74. The van der Waals surface area contributed by atoms with E-state index in [1.807, 2.05) is 0 Å². The molecule has 0 saturated heterocycles. The standard InChI is InChI=1S/C10H17ClN4O/c1-2-7(3-4-12)5-13-9-8(11)10(16)15-6-14-9/h6-7H,2-5,12H2,1H3,(H2,13,14,15,16). The summed E-state index contributed by atoms with van der Waals surface area (Å²) in [7, 11) is 0. The van der Waals surface area contributed by atoms with Gasteiger partial charge in [0.2, 0.25) is 0 Å². The lowest BCUT2D eigenvalue weighted by Crippen LogP contribution is -2.19. The van der Waals surface area contributed by atoms with Crippen molar-refractivity contribution in [1.29, 1.82) is 0 Å². The maximum Gasteiger partial charge on any atom is 0.271 e. The average Bonchev–Trinajstić information content (AvgIpc) is 2.29. The Kier molecular flexibility index (Phi) is 5.28. The van der Waals surface area contributed by atoms with E-state index in [2.05, 4.69) is 22.2 Å². The Hall–Kier alpha value is -1.07. The molecular formula is C10H17ClN4O. The van der Waals surface area contributed by atoms with E-state index in [1.54, 1.807) is 0 Å². The van der Waals surface area contributed by atoms with Gasteiger partial charge in [0.25, 0.3) is 5.56 Å². The highest BCUT2D eigenvalue weighted by Crippen LogP contribution is 2.14. The summed E-state index contributed by atoms with van der Waals surface area (Å²) >= 11 is 5.80. The van der Waals surface area contributed by atoms with Crippen molar-refractivity contribution in [2.24, 2.45) is 11.7 Å². The first-order chi connectivity index (χ1) is 7.69. The van der Waals surface area contributed by atoms with Crippen LogP contribution in [-0.4, -0.2) is 23.1 Å². The van der Waals surface area contributed by atoms with E-state index in [9.17, 15) is 4.79 Å². The van der Waals surface area contributed by atoms with E-state index in [0.717, 1.165) is 19.4 Å². The molecule has 0 aliphatic heterocycles. The van der Waals surface area contributed by atoms with E-state index in [4.69, 9.17) is 17.3 Å². The molecule has 1 aromatic rings. The third-order valence-corrected chi connectivity index (χ3v) is 2.86. The van der Waals surface area contributed by atoms with E-state index in [0.29, 0.717) is 18.3 Å². The molecule has 1 rings (SSSR count). The van der Waals surface area contributed by atoms with Gasteiger partial charge in [-0.1, -0.05) is 24.9 Å². The van der Waals surface area contributed by atoms with Gasteiger partial charge in [0.15, 0.2) is 5.82 Å². The molecule has 1 atom stereocenters. The second kappa shape index (κ2) is 6.50. The molecule has 16 heavy (non-hydrogen) atoms. The summed E-state index contributed by atoms with van der Waals surface area (Å²) in [5.41, 5.74) is 5.18. The summed E-state index contributed by atoms with van der Waals surface area (Å²) in [6, 6.07) is 0. The number of aromatic amines is 1. The smallest absolute Gasteiger partial charge is 0.271 e. The van der Waals surface area contributed by atoms with Crippen LogP contribution in [0.2, 0.25) is 5.02 Å². The molecule has 5 nitrogen and oxygen atoms in total. The number of anilines is 1. The highest BCUT2D eigenvalue weighted by molar-refractivity contribution is 6.32. The molecule has 0 fully saturated rings. The molecule has 1 heterocycles. The van der Waals surface area contributed by atoms with Gasteiger partial charge in [-0.15, -0.1) is 0 Å². The predicted molar refractivity (Wildman–Crippen MR) is 65.8 cm³/mol. The molecule has 0 bridgehead atoms. The van der Waals surface area contributed by atoms with Crippen molar-refractivity contribution < 1.29 is 0 Å². The summed E-state index contributed by atoms with van der Waals surface area (Å²) < 4.78 is 0. The van der Waals surface area contributed by atoms with Crippen LogP contribution in [0.3, 0.4) is 0 Å². The topological polar surface area (TPSA) is 83.8 Å². The molecule has 1 aromatic heterocycles. The molecule has 0 aromatic carbocycles. The van der Waals surface area contributed by atoms with Crippen LogP contribution in [0, 0.1) is 5.92 Å². The van der Waals surface area contributed by atoms with Crippen LogP contribution in [0.4, 0.5) is 5.82 Å². The zero-order chi connectivity index (χ0) is 12.0. The Bertz CT molecular complexity index is 379. The summed E-state index contributed by atoms with van der Waals surface area (Å²) in [5, 5.41) is 3.17. The van der Waals surface area contributed by atoms with Crippen LogP contribution in [0.1, 0.15) is 19.8 Å². The number of nitrogens with two attached hydrogens (primary N) is 1. The van der Waals surface area contributed by atoms with Gasteiger partial charge in [-0.3, -0.25) is 4.79 Å². The number of rotatable bonds is 6. The Morgan fingerprint density at radius 1 is 1.69 bits per heavy atom. The minimum Gasteiger partial charge on any atom is -0.368 e. The Morgan fingerprint density at radius 2 is 2.44 bits per heavy atom. The molecule has 0 saturated carbocycles. The lowest BCUT2D eigenvalue weighted by Gasteiger charge is -2.15. The van der Waals surface area contributed by atoms with E-state index < -0.39 is 0 Å². The van der Waals surface area contributed by atoms with Gasteiger partial charge >= 0.3 is 0 Å². The monoisotopic (exact) mass is 244 g/mol. The molecule has 0 aliphatic rings. The third kappa shape index (κ3) is 3.50. The normalized spacial score (nSPS) is 12.4. The largest absolute Gasteiger partial charge is 0.368 e. The Balaban J connectivity index is 2.60. The van der Waals surface area contributed by atoms with Gasteiger partial charge in [0.1, 0.15) is 5.02 Å². The number of H-pyrrole nitrogens is 1. The highest BCUT2D eigenvalue weighted by atomic mass is 35.5. The molecule has 4 N–H and O–H groups in total. The SMILES string of the molecule is CCC(CCN)CNc1nc[nH]c(=O)c1Cl. The second-order valence-corrected chi connectivity index (χ2v) is 4.00. The van der Waals surface area contributed by atoms with Gasteiger partial charge in [-0.2, -0.15) is 0 Å². The van der Waals surface area contributed by atoms with Crippen molar-refractivity contribution in [3.05, 3.63) is 21.7 Å². The minimum atomic E-state index is -0.328. The summed E-state index contributed by atoms with van der Waals surface area (Å²) in [4.78, 5) is 17.6. The third-order valence-electron chi connectivity index (χ3n) is 2.51. The first-order valence-electron chi connectivity index (χ1n) is 5.36.